The Morgan fingerprint density at radius 2 is 1.74 bits per heavy atom. The number of amides is 3. The summed E-state index contributed by atoms with van der Waals surface area (Å²) in [6, 6.07) is 6.17. The fourth-order valence-corrected chi connectivity index (χ4v) is 3.19. The van der Waals surface area contributed by atoms with Crippen LogP contribution >= 0.6 is 0 Å². The molecular weight excluding hydrogens is 292 g/mol. The summed E-state index contributed by atoms with van der Waals surface area (Å²) in [7, 11) is 0. The molecule has 0 atom stereocenters. The molecule has 2 aliphatic rings. The van der Waals surface area contributed by atoms with Crippen LogP contribution in [0.5, 0.6) is 0 Å². The maximum Gasteiger partial charge on any atom is 0.230 e. The van der Waals surface area contributed by atoms with Crippen molar-refractivity contribution in [3.63, 3.8) is 0 Å². The number of hydrogen-bond acceptors (Lipinski definition) is 3. The smallest absolute Gasteiger partial charge is 0.230 e. The Labute approximate surface area is 136 Å². The van der Waals surface area contributed by atoms with E-state index in [0.29, 0.717) is 32.4 Å². The summed E-state index contributed by atoms with van der Waals surface area (Å²) in [5, 5.41) is 0. The van der Waals surface area contributed by atoms with E-state index in [1.54, 1.807) is 4.90 Å². The van der Waals surface area contributed by atoms with E-state index < -0.39 is 0 Å². The normalized spacial score (nSPS) is 18.5. The average molecular weight is 314 g/mol. The molecule has 0 bridgehead atoms. The molecule has 3 amide bonds. The van der Waals surface area contributed by atoms with Gasteiger partial charge in [0.1, 0.15) is 0 Å². The largest absolute Gasteiger partial charge is 0.338 e. The molecule has 23 heavy (non-hydrogen) atoms. The van der Waals surface area contributed by atoms with Gasteiger partial charge in [-0.15, -0.1) is 0 Å². The standard InChI is InChI=1S/C18H22N2O3/c1-12-3-4-14(9-13(12)2)5-6-16(21)19-10-15(11-19)20-17(22)7-8-18(20)23/h3-4,9,15H,5-8,10-11H2,1-2H3. The molecule has 2 aliphatic heterocycles. The number of rotatable bonds is 4. The number of carbonyl (C=O) groups is 3. The van der Waals surface area contributed by atoms with Crippen LogP contribution in [0.3, 0.4) is 0 Å². The second-order valence-corrected chi connectivity index (χ2v) is 6.53. The first-order valence-corrected chi connectivity index (χ1v) is 8.14. The zero-order valence-corrected chi connectivity index (χ0v) is 13.7. The minimum absolute atomic E-state index is 0.0952. The van der Waals surface area contributed by atoms with Gasteiger partial charge < -0.3 is 4.90 Å². The molecule has 2 heterocycles. The molecule has 1 aromatic carbocycles. The molecule has 0 spiro atoms. The Morgan fingerprint density at radius 1 is 1.09 bits per heavy atom. The monoisotopic (exact) mass is 314 g/mol. The quantitative estimate of drug-likeness (QED) is 0.793. The molecule has 5 nitrogen and oxygen atoms in total. The van der Waals surface area contributed by atoms with E-state index in [9.17, 15) is 14.4 Å². The second kappa shape index (κ2) is 6.14. The Kier molecular flexibility index (Phi) is 4.20. The topological polar surface area (TPSA) is 57.7 Å². The number of aryl methyl sites for hydroxylation is 3. The first-order chi connectivity index (χ1) is 11.0. The number of carbonyl (C=O) groups excluding carboxylic acids is 3. The Hall–Kier alpha value is -2.17. The minimum Gasteiger partial charge on any atom is -0.338 e. The van der Waals surface area contributed by atoms with Crippen LogP contribution in [0.15, 0.2) is 18.2 Å². The van der Waals surface area contributed by atoms with E-state index in [2.05, 4.69) is 32.0 Å². The van der Waals surface area contributed by atoms with E-state index in [-0.39, 0.29) is 23.8 Å². The molecule has 2 saturated heterocycles. The van der Waals surface area contributed by atoms with Gasteiger partial charge in [0.25, 0.3) is 0 Å². The molecule has 0 unspecified atom stereocenters. The number of benzene rings is 1. The Bertz CT molecular complexity index is 646. The van der Waals surface area contributed by atoms with Gasteiger partial charge in [-0.1, -0.05) is 18.2 Å². The van der Waals surface area contributed by atoms with Crippen molar-refractivity contribution in [2.75, 3.05) is 13.1 Å². The van der Waals surface area contributed by atoms with Gasteiger partial charge in [0.2, 0.25) is 17.7 Å². The Morgan fingerprint density at radius 3 is 2.35 bits per heavy atom. The summed E-state index contributed by atoms with van der Waals surface area (Å²) in [6.45, 7) is 5.13. The number of nitrogens with zero attached hydrogens (tertiary/aromatic N) is 2. The van der Waals surface area contributed by atoms with Gasteiger partial charge in [0.05, 0.1) is 6.04 Å². The zero-order valence-electron chi connectivity index (χ0n) is 13.7. The van der Waals surface area contributed by atoms with Gasteiger partial charge in [0, 0.05) is 32.4 Å². The van der Waals surface area contributed by atoms with Crippen LogP contribution < -0.4 is 0 Å². The summed E-state index contributed by atoms with van der Waals surface area (Å²) < 4.78 is 0. The van der Waals surface area contributed by atoms with Gasteiger partial charge in [0.15, 0.2) is 0 Å². The summed E-state index contributed by atoms with van der Waals surface area (Å²) in [6.07, 6.45) is 1.83. The van der Waals surface area contributed by atoms with Crippen molar-refractivity contribution in [2.45, 2.75) is 45.6 Å². The third-order valence-corrected chi connectivity index (χ3v) is 4.87. The van der Waals surface area contributed by atoms with Crippen LogP contribution in [0.25, 0.3) is 0 Å². The van der Waals surface area contributed by atoms with Gasteiger partial charge >= 0.3 is 0 Å². The minimum atomic E-state index is -0.108. The third kappa shape index (κ3) is 3.14. The van der Waals surface area contributed by atoms with Gasteiger partial charge in [-0.25, -0.2) is 0 Å². The lowest BCUT2D eigenvalue weighted by Crippen LogP contribution is -2.62. The summed E-state index contributed by atoms with van der Waals surface area (Å²) in [5.41, 5.74) is 3.67. The van der Waals surface area contributed by atoms with Crippen molar-refractivity contribution in [3.8, 4) is 0 Å². The summed E-state index contributed by atoms with van der Waals surface area (Å²) in [5.74, 6) is -0.0944. The molecule has 0 N–H and O–H groups in total. The molecule has 0 radical (unpaired) electrons. The highest BCUT2D eigenvalue weighted by molar-refractivity contribution is 6.02. The van der Waals surface area contributed by atoms with Crippen molar-refractivity contribution in [1.29, 1.82) is 0 Å². The number of hydrogen-bond donors (Lipinski definition) is 0. The zero-order chi connectivity index (χ0) is 16.6. The fourth-order valence-electron chi connectivity index (χ4n) is 3.19. The summed E-state index contributed by atoms with van der Waals surface area (Å²) in [4.78, 5) is 38.6. The molecular formula is C18H22N2O3. The van der Waals surface area contributed by atoms with Crippen molar-refractivity contribution < 1.29 is 14.4 Å². The van der Waals surface area contributed by atoms with Crippen LogP contribution in [-0.4, -0.2) is 46.7 Å². The van der Waals surface area contributed by atoms with E-state index in [4.69, 9.17) is 0 Å². The lowest BCUT2D eigenvalue weighted by molar-refractivity contribution is -0.151. The van der Waals surface area contributed by atoms with Crippen molar-refractivity contribution in [3.05, 3.63) is 34.9 Å². The van der Waals surface area contributed by atoms with Crippen LogP contribution in [0.2, 0.25) is 0 Å². The molecule has 0 aromatic heterocycles. The van der Waals surface area contributed by atoms with Crippen molar-refractivity contribution in [2.24, 2.45) is 0 Å². The Balaban J connectivity index is 1.48. The van der Waals surface area contributed by atoms with E-state index in [1.165, 1.54) is 21.6 Å². The van der Waals surface area contributed by atoms with Gasteiger partial charge in [-0.2, -0.15) is 0 Å². The SMILES string of the molecule is Cc1ccc(CCC(=O)N2CC(N3C(=O)CCC3=O)C2)cc1C. The number of imide groups is 1. The van der Waals surface area contributed by atoms with Crippen molar-refractivity contribution in [1.82, 2.24) is 9.80 Å². The van der Waals surface area contributed by atoms with Crippen LogP contribution in [0.1, 0.15) is 36.0 Å². The lowest BCUT2D eigenvalue weighted by Gasteiger charge is -2.43. The van der Waals surface area contributed by atoms with E-state index in [0.717, 1.165) is 6.42 Å². The molecule has 1 aromatic rings. The molecule has 5 heteroatoms. The van der Waals surface area contributed by atoms with Crippen LogP contribution in [-0.2, 0) is 20.8 Å². The average Bonchev–Trinajstić information content (AvgIpc) is 2.79. The number of likely N-dealkylation sites (tertiary alicyclic amines) is 2. The van der Waals surface area contributed by atoms with Gasteiger partial charge in [-0.05, 0) is 37.0 Å². The predicted octanol–water partition coefficient (Wildman–Crippen LogP) is 1.60. The van der Waals surface area contributed by atoms with Crippen LogP contribution in [0, 0.1) is 13.8 Å². The van der Waals surface area contributed by atoms with Gasteiger partial charge in [-0.3, -0.25) is 19.3 Å². The maximum atomic E-state index is 12.2. The first kappa shape index (κ1) is 15.7. The molecule has 122 valence electrons. The predicted molar refractivity (Wildman–Crippen MR) is 85.7 cm³/mol. The molecule has 0 saturated carbocycles. The first-order valence-electron chi connectivity index (χ1n) is 8.14. The van der Waals surface area contributed by atoms with E-state index in [1.807, 2.05) is 0 Å². The highest BCUT2D eigenvalue weighted by atomic mass is 16.2. The molecule has 2 fully saturated rings. The molecule has 0 aliphatic carbocycles. The summed E-state index contributed by atoms with van der Waals surface area (Å²) >= 11 is 0. The van der Waals surface area contributed by atoms with Crippen molar-refractivity contribution >= 4 is 17.7 Å². The lowest BCUT2D eigenvalue weighted by atomic mass is 10.0. The second-order valence-electron chi connectivity index (χ2n) is 6.53. The highest BCUT2D eigenvalue weighted by Gasteiger charge is 2.42. The van der Waals surface area contributed by atoms with E-state index >= 15 is 0 Å². The molecule has 3 rings (SSSR count). The third-order valence-electron chi connectivity index (χ3n) is 4.87. The fraction of sp³-hybridized carbons (Fsp3) is 0.500. The van der Waals surface area contributed by atoms with Crippen LogP contribution in [0.4, 0.5) is 0 Å². The highest BCUT2D eigenvalue weighted by Crippen LogP contribution is 2.23. The maximum absolute atomic E-state index is 12.2.